The molecule has 0 fully saturated rings. The van der Waals surface area contributed by atoms with E-state index in [1.165, 1.54) is 0 Å². The molecule has 0 saturated carbocycles. The van der Waals surface area contributed by atoms with Crippen molar-refractivity contribution in [3.8, 4) is 11.8 Å². The molecule has 0 amide bonds. The average molecular weight is 423 g/mol. The molecule has 0 aliphatic carbocycles. The fourth-order valence-corrected chi connectivity index (χ4v) is 3.10. The smallest absolute Gasteiger partial charge is 0.0952 e. The van der Waals surface area contributed by atoms with Crippen LogP contribution in [0.4, 0.5) is 0 Å². The zero-order chi connectivity index (χ0) is 22.6. The molecule has 0 aliphatic heterocycles. The lowest BCUT2D eigenvalue weighted by atomic mass is 10.00. The molecular weight excluding hydrogens is 396 g/mol. The van der Waals surface area contributed by atoms with Crippen LogP contribution >= 0.6 is 0 Å². The summed E-state index contributed by atoms with van der Waals surface area (Å²) >= 11 is 0. The number of imidazole rings is 1. The molecule has 0 aliphatic rings. The van der Waals surface area contributed by atoms with Crippen molar-refractivity contribution in [2.24, 2.45) is 0 Å². The van der Waals surface area contributed by atoms with Crippen LogP contribution in [0.3, 0.4) is 0 Å². The van der Waals surface area contributed by atoms with Crippen molar-refractivity contribution in [2.45, 2.75) is 26.0 Å². The van der Waals surface area contributed by atoms with Gasteiger partial charge in [-0.3, -0.25) is 4.98 Å². The zero-order valence-corrected chi connectivity index (χ0v) is 18.0. The molecule has 2 aromatic heterocycles. The molecule has 1 unspecified atom stereocenters. The van der Waals surface area contributed by atoms with E-state index in [1.807, 2.05) is 77.5 Å². The van der Waals surface area contributed by atoms with Crippen LogP contribution in [0.5, 0.6) is 0 Å². The molecular formula is C27H26N4O. The average Bonchev–Trinajstić information content (AvgIpc) is 3.39. The summed E-state index contributed by atoms with van der Waals surface area (Å²) in [5, 5.41) is 17.0. The molecule has 4 rings (SSSR count). The second kappa shape index (κ2) is 12.0. The third kappa shape index (κ3) is 6.49. The van der Waals surface area contributed by atoms with E-state index >= 15 is 0 Å². The van der Waals surface area contributed by atoms with Crippen LogP contribution in [0.25, 0.3) is 0 Å². The number of pyridine rings is 1. The van der Waals surface area contributed by atoms with Gasteiger partial charge >= 0.3 is 0 Å². The minimum absolute atomic E-state index is 0.00810. The van der Waals surface area contributed by atoms with Crippen LogP contribution in [0, 0.1) is 17.3 Å². The Bertz CT molecular complexity index is 1140. The lowest BCUT2D eigenvalue weighted by molar-refractivity contribution is 0.277. The lowest BCUT2D eigenvalue weighted by Gasteiger charge is -2.18. The summed E-state index contributed by atoms with van der Waals surface area (Å²) < 4.78 is 1.98. The van der Waals surface area contributed by atoms with Crippen molar-refractivity contribution in [3.05, 3.63) is 120 Å². The first-order valence-corrected chi connectivity index (χ1v) is 10.5. The van der Waals surface area contributed by atoms with Crippen LogP contribution in [0.2, 0.25) is 0 Å². The first-order valence-electron chi connectivity index (χ1n) is 10.5. The molecule has 2 N–H and O–H groups in total. The van der Waals surface area contributed by atoms with E-state index in [0.29, 0.717) is 11.4 Å². The van der Waals surface area contributed by atoms with Crippen LogP contribution in [0.1, 0.15) is 41.8 Å². The van der Waals surface area contributed by atoms with Crippen molar-refractivity contribution in [2.75, 3.05) is 0 Å². The Balaban J connectivity index is 0.000000305. The summed E-state index contributed by atoms with van der Waals surface area (Å²) in [5.74, 6) is 6.31. The number of rotatable bonds is 5. The second-order valence-electron chi connectivity index (χ2n) is 7.02. The Hall–Kier alpha value is -4.01. The number of hydrogen-bond donors (Lipinski definition) is 2. The summed E-state index contributed by atoms with van der Waals surface area (Å²) in [6.45, 7) is 2.11. The van der Waals surface area contributed by atoms with Gasteiger partial charge in [0.1, 0.15) is 0 Å². The Labute approximate surface area is 189 Å². The standard InChI is InChI=1S/C21H19N3.C6H7NO/c1-2-20(24-15-14-23-16-24)21(22)19-12-10-18(11-13-19)9-8-17-6-4-3-5-7-17;8-5-6-3-1-2-4-7-6/h3-7,10-16,20,22H,2H2,1H3;1-4,8H,5H2. The number of aliphatic hydroxyl groups excluding tert-OH is 1. The van der Waals surface area contributed by atoms with Gasteiger partial charge in [0.05, 0.1) is 30.4 Å². The second-order valence-corrected chi connectivity index (χ2v) is 7.02. The molecule has 0 bridgehead atoms. The monoisotopic (exact) mass is 422 g/mol. The Morgan fingerprint density at radius 3 is 2.16 bits per heavy atom. The minimum atomic E-state index is 0.00810. The highest BCUT2D eigenvalue weighted by atomic mass is 16.3. The van der Waals surface area contributed by atoms with Crippen LogP contribution in [-0.4, -0.2) is 25.4 Å². The number of aliphatic hydroxyl groups is 1. The third-order valence-corrected chi connectivity index (χ3v) is 4.81. The van der Waals surface area contributed by atoms with E-state index < -0.39 is 0 Å². The highest BCUT2D eigenvalue weighted by molar-refractivity contribution is 6.01. The fraction of sp³-hybridized carbons (Fsp3) is 0.148. The van der Waals surface area contributed by atoms with Gasteiger partial charge in [0, 0.05) is 29.7 Å². The summed E-state index contributed by atoms with van der Waals surface area (Å²) in [4.78, 5) is 7.93. The van der Waals surface area contributed by atoms with E-state index in [0.717, 1.165) is 23.1 Å². The summed E-state index contributed by atoms with van der Waals surface area (Å²) in [7, 11) is 0. The molecule has 0 saturated heterocycles. The van der Waals surface area contributed by atoms with Gasteiger partial charge < -0.3 is 15.1 Å². The number of nitrogens with zero attached hydrogens (tertiary/aromatic N) is 3. The quantitative estimate of drug-likeness (QED) is 0.356. The maximum atomic E-state index is 8.49. The number of hydrogen-bond acceptors (Lipinski definition) is 4. The predicted molar refractivity (Wildman–Crippen MR) is 127 cm³/mol. The molecule has 5 heteroatoms. The van der Waals surface area contributed by atoms with Gasteiger partial charge in [-0.05, 0) is 48.4 Å². The number of benzene rings is 2. The Kier molecular flexibility index (Phi) is 8.50. The highest BCUT2D eigenvalue weighted by Gasteiger charge is 2.15. The highest BCUT2D eigenvalue weighted by Crippen LogP contribution is 2.18. The predicted octanol–water partition coefficient (Wildman–Crippen LogP) is 4.88. The van der Waals surface area contributed by atoms with E-state index in [4.69, 9.17) is 10.5 Å². The molecule has 160 valence electrons. The van der Waals surface area contributed by atoms with Crippen LogP contribution < -0.4 is 0 Å². The molecule has 0 spiro atoms. The van der Waals surface area contributed by atoms with E-state index in [-0.39, 0.29) is 12.6 Å². The van der Waals surface area contributed by atoms with E-state index in [1.54, 1.807) is 24.8 Å². The topological polar surface area (TPSA) is 74.8 Å². The van der Waals surface area contributed by atoms with Crippen LogP contribution in [0.15, 0.2) is 97.7 Å². The van der Waals surface area contributed by atoms with Gasteiger partial charge in [-0.2, -0.15) is 0 Å². The minimum Gasteiger partial charge on any atom is -0.390 e. The third-order valence-electron chi connectivity index (χ3n) is 4.81. The summed E-state index contributed by atoms with van der Waals surface area (Å²) in [5.41, 5.74) is 4.18. The van der Waals surface area contributed by atoms with Gasteiger partial charge in [0.25, 0.3) is 0 Å². The van der Waals surface area contributed by atoms with Crippen molar-refractivity contribution in [1.82, 2.24) is 14.5 Å². The maximum Gasteiger partial charge on any atom is 0.0952 e. The first kappa shape index (κ1) is 22.7. The molecule has 2 aromatic carbocycles. The normalized spacial score (nSPS) is 10.8. The zero-order valence-electron chi connectivity index (χ0n) is 18.0. The van der Waals surface area contributed by atoms with Crippen molar-refractivity contribution in [3.63, 3.8) is 0 Å². The fourth-order valence-electron chi connectivity index (χ4n) is 3.10. The molecule has 32 heavy (non-hydrogen) atoms. The van der Waals surface area contributed by atoms with Gasteiger partial charge in [0.2, 0.25) is 0 Å². The molecule has 0 radical (unpaired) electrons. The first-order chi connectivity index (χ1) is 15.7. The molecule has 2 heterocycles. The number of aromatic nitrogens is 3. The Morgan fingerprint density at radius 1 is 0.938 bits per heavy atom. The molecule has 5 nitrogen and oxygen atoms in total. The SMILES string of the molecule is CCC(C(=N)c1ccc(C#Cc2ccccc2)cc1)n1ccnc1.OCc1ccccn1. The van der Waals surface area contributed by atoms with Crippen LogP contribution in [-0.2, 0) is 6.61 Å². The van der Waals surface area contributed by atoms with Gasteiger partial charge in [-0.15, -0.1) is 0 Å². The van der Waals surface area contributed by atoms with Crippen molar-refractivity contribution < 1.29 is 5.11 Å². The molecule has 1 atom stereocenters. The van der Waals surface area contributed by atoms with Crippen molar-refractivity contribution in [1.29, 1.82) is 5.41 Å². The van der Waals surface area contributed by atoms with E-state index in [2.05, 4.69) is 28.7 Å². The van der Waals surface area contributed by atoms with Crippen molar-refractivity contribution >= 4 is 5.71 Å². The largest absolute Gasteiger partial charge is 0.390 e. The Morgan fingerprint density at radius 2 is 1.62 bits per heavy atom. The molecule has 4 aromatic rings. The van der Waals surface area contributed by atoms with Gasteiger partial charge in [0.15, 0.2) is 0 Å². The summed E-state index contributed by atoms with van der Waals surface area (Å²) in [6.07, 6.45) is 7.93. The lowest BCUT2D eigenvalue weighted by Crippen LogP contribution is -2.18. The summed E-state index contributed by atoms with van der Waals surface area (Å²) in [6, 6.07) is 23.3. The van der Waals surface area contributed by atoms with E-state index in [9.17, 15) is 0 Å². The van der Waals surface area contributed by atoms with Gasteiger partial charge in [-0.25, -0.2) is 4.98 Å². The maximum absolute atomic E-state index is 8.49. The number of nitrogens with one attached hydrogen (secondary N) is 1. The van der Waals surface area contributed by atoms with Gasteiger partial charge in [-0.1, -0.05) is 55.2 Å².